The van der Waals surface area contributed by atoms with E-state index in [9.17, 15) is 4.79 Å². The number of benzene rings is 1. The quantitative estimate of drug-likeness (QED) is 0.778. The molecule has 0 fully saturated rings. The number of fused-ring (bicyclic) bond motifs is 1. The fourth-order valence-electron chi connectivity index (χ4n) is 2.47. The molecule has 0 unspecified atom stereocenters. The maximum atomic E-state index is 11.9. The molecule has 0 aliphatic rings. The number of nitrogens with zero attached hydrogens (tertiary/aromatic N) is 2. The van der Waals surface area contributed by atoms with Gasteiger partial charge in [-0.2, -0.15) is 11.8 Å². The Kier molecular flexibility index (Phi) is 6.27. The van der Waals surface area contributed by atoms with E-state index in [4.69, 9.17) is 5.73 Å². The molecule has 0 aliphatic carbocycles. The lowest BCUT2D eigenvalue weighted by molar-refractivity contribution is -0.122. The molecule has 120 valence electrons. The van der Waals surface area contributed by atoms with Crippen molar-refractivity contribution in [3.8, 4) is 0 Å². The lowest BCUT2D eigenvalue weighted by Gasteiger charge is -2.12. The predicted octanol–water partition coefficient (Wildman–Crippen LogP) is 1.80. The summed E-state index contributed by atoms with van der Waals surface area (Å²) < 4.78 is 2.19. The van der Waals surface area contributed by atoms with E-state index in [-0.39, 0.29) is 5.91 Å². The molecule has 0 radical (unpaired) electrons. The van der Waals surface area contributed by atoms with Crippen molar-refractivity contribution in [1.29, 1.82) is 0 Å². The van der Waals surface area contributed by atoms with Gasteiger partial charge in [0.25, 0.3) is 0 Å². The SMILES string of the molecule is CCn1c(CCNC(=O)[C@@H](N)CCSC)nc2ccccc21. The van der Waals surface area contributed by atoms with Crippen LogP contribution in [-0.2, 0) is 17.8 Å². The number of nitrogens with two attached hydrogens (primary N) is 1. The minimum atomic E-state index is -0.419. The average Bonchev–Trinajstić information content (AvgIpc) is 2.89. The van der Waals surface area contributed by atoms with Crippen molar-refractivity contribution in [2.75, 3.05) is 18.6 Å². The zero-order valence-electron chi connectivity index (χ0n) is 13.2. The van der Waals surface area contributed by atoms with Gasteiger partial charge in [-0.15, -0.1) is 0 Å². The number of nitrogens with one attached hydrogen (secondary N) is 1. The van der Waals surface area contributed by atoms with Crippen molar-refractivity contribution >= 4 is 28.7 Å². The minimum Gasteiger partial charge on any atom is -0.354 e. The normalized spacial score (nSPS) is 12.5. The molecule has 2 aromatic rings. The molecule has 1 aromatic heterocycles. The molecule has 0 spiro atoms. The third-order valence-electron chi connectivity index (χ3n) is 3.67. The van der Waals surface area contributed by atoms with E-state index >= 15 is 0 Å². The lowest BCUT2D eigenvalue weighted by atomic mass is 10.2. The highest BCUT2D eigenvalue weighted by molar-refractivity contribution is 7.98. The maximum absolute atomic E-state index is 11.9. The molecule has 2 rings (SSSR count). The van der Waals surface area contributed by atoms with Crippen molar-refractivity contribution < 1.29 is 4.79 Å². The van der Waals surface area contributed by atoms with Gasteiger partial charge in [0.2, 0.25) is 5.91 Å². The summed E-state index contributed by atoms with van der Waals surface area (Å²) in [6.45, 7) is 3.54. The first-order valence-electron chi connectivity index (χ1n) is 7.63. The van der Waals surface area contributed by atoms with Gasteiger partial charge in [0.15, 0.2) is 0 Å². The summed E-state index contributed by atoms with van der Waals surface area (Å²) in [5.41, 5.74) is 8.00. The summed E-state index contributed by atoms with van der Waals surface area (Å²) in [6.07, 6.45) is 3.43. The number of imidazole rings is 1. The van der Waals surface area contributed by atoms with E-state index in [0.717, 1.165) is 29.2 Å². The van der Waals surface area contributed by atoms with Crippen LogP contribution in [0.2, 0.25) is 0 Å². The zero-order chi connectivity index (χ0) is 15.9. The number of carbonyl (C=O) groups excluding carboxylic acids is 1. The van der Waals surface area contributed by atoms with Crippen LogP contribution >= 0.6 is 11.8 Å². The van der Waals surface area contributed by atoms with E-state index in [2.05, 4.69) is 27.9 Å². The topological polar surface area (TPSA) is 72.9 Å². The first-order valence-corrected chi connectivity index (χ1v) is 9.03. The van der Waals surface area contributed by atoms with Gasteiger partial charge in [-0.1, -0.05) is 12.1 Å². The van der Waals surface area contributed by atoms with Gasteiger partial charge >= 0.3 is 0 Å². The van der Waals surface area contributed by atoms with Gasteiger partial charge < -0.3 is 15.6 Å². The second kappa shape index (κ2) is 8.19. The molecule has 3 N–H and O–H groups in total. The molecule has 22 heavy (non-hydrogen) atoms. The Hall–Kier alpha value is -1.53. The summed E-state index contributed by atoms with van der Waals surface area (Å²) in [7, 11) is 0. The third-order valence-corrected chi connectivity index (χ3v) is 4.31. The second-order valence-electron chi connectivity index (χ2n) is 5.19. The van der Waals surface area contributed by atoms with Crippen molar-refractivity contribution in [3.05, 3.63) is 30.1 Å². The molecule has 5 nitrogen and oxygen atoms in total. The molecule has 0 saturated carbocycles. The number of aromatic nitrogens is 2. The number of amides is 1. The Labute approximate surface area is 135 Å². The van der Waals surface area contributed by atoms with Gasteiger partial charge in [0.05, 0.1) is 17.1 Å². The highest BCUT2D eigenvalue weighted by Gasteiger charge is 2.13. The minimum absolute atomic E-state index is 0.0757. The number of carbonyl (C=O) groups is 1. The van der Waals surface area contributed by atoms with Crippen LogP contribution in [0.3, 0.4) is 0 Å². The smallest absolute Gasteiger partial charge is 0.236 e. The summed E-state index contributed by atoms with van der Waals surface area (Å²) in [6, 6.07) is 7.68. The van der Waals surface area contributed by atoms with Crippen LogP contribution in [0.25, 0.3) is 11.0 Å². The van der Waals surface area contributed by atoms with Crippen LogP contribution < -0.4 is 11.1 Å². The highest BCUT2D eigenvalue weighted by atomic mass is 32.2. The maximum Gasteiger partial charge on any atom is 0.236 e. The molecule has 0 bridgehead atoms. The molecular weight excluding hydrogens is 296 g/mol. The number of hydrogen-bond acceptors (Lipinski definition) is 4. The molecule has 0 saturated heterocycles. The van der Waals surface area contributed by atoms with Gasteiger partial charge in [-0.3, -0.25) is 4.79 Å². The Morgan fingerprint density at radius 1 is 1.45 bits per heavy atom. The first-order chi connectivity index (χ1) is 10.7. The van der Waals surface area contributed by atoms with E-state index in [0.29, 0.717) is 19.4 Å². The van der Waals surface area contributed by atoms with Gasteiger partial charge in [0, 0.05) is 19.5 Å². The Morgan fingerprint density at radius 2 is 2.23 bits per heavy atom. The van der Waals surface area contributed by atoms with Gasteiger partial charge in [-0.05, 0) is 37.5 Å². The van der Waals surface area contributed by atoms with Crippen molar-refractivity contribution in [2.24, 2.45) is 5.73 Å². The molecule has 1 aromatic carbocycles. The molecular formula is C16H24N4OS. The number of rotatable bonds is 8. The lowest BCUT2D eigenvalue weighted by Crippen LogP contribution is -2.41. The monoisotopic (exact) mass is 320 g/mol. The van der Waals surface area contributed by atoms with Crippen molar-refractivity contribution in [1.82, 2.24) is 14.9 Å². The summed E-state index contributed by atoms with van der Waals surface area (Å²) in [5.74, 6) is 1.83. The first kappa shape index (κ1) is 16.8. The van der Waals surface area contributed by atoms with E-state index in [1.54, 1.807) is 11.8 Å². The summed E-state index contributed by atoms with van der Waals surface area (Å²) in [5, 5.41) is 2.91. The van der Waals surface area contributed by atoms with Gasteiger partial charge in [0.1, 0.15) is 5.82 Å². The van der Waals surface area contributed by atoms with Crippen molar-refractivity contribution in [2.45, 2.75) is 32.4 Å². The van der Waals surface area contributed by atoms with Crippen LogP contribution in [0, 0.1) is 0 Å². The Balaban J connectivity index is 1.93. The highest BCUT2D eigenvalue weighted by Crippen LogP contribution is 2.16. The fraction of sp³-hybridized carbons (Fsp3) is 0.500. The average molecular weight is 320 g/mol. The predicted molar refractivity (Wildman–Crippen MR) is 93.1 cm³/mol. The number of para-hydroxylation sites is 2. The zero-order valence-corrected chi connectivity index (χ0v) is 14.0. The van der Waals surface area contributed by atoms with E-state index in [1.807, 2.05) is 24.5 Å². The van der Waals surface area contributed by atoms with Crippen molar-refractivity contribution in [3.63, 3.8) is 0 Å². The molecule has 1 atom stereocenters. The molecule has 6 heteroatoms. The fourth-order valence-corrected chi connectivity index (χ4v) is 2.96. The third kappa shape index (κ3) is 4.01. The Bertz CT molecular complexity index is 626. The molecule has 1 amide bonds. The van der Waals surface area contributed by atoms with E-state index < -0.39 is 6.04 Å². The van der Waals surface area contributed by atoms with Crippen LogP contribution in [0.1, 0.15) is 19.2 Å². The standard InChI is InChI=1S/C16H24N4OS/c1-3-20-14-7-5-4-6-13(14)19-15(20)8-10-18-16(21)12(17)9-11-22-2/h4-7,12H,3,8-11,17H2,1-2H3,(H,18,21)/t12-/m0/s1. The largest absolute Gasteiger partial charge is 0.354 e. The number of thioether (sulfide) groups is 1. The van der Waals surface area contributed by atoms with Gasteiger partial charge in [-0.25, -0.2) is 4.98 Å². The molecule has 0 aliphatic heterocycles. The number of hydrogen-bond donors (Lipinski definition) is 2. The Morgan fingerprint density at radius 3 is 2.95 bits per heavy atom. The van der Waals surface area contributed by atoms with Crippen LogP contribution in [0.5, 0.6) is 0 Å². The second-order valence-corrected chi connectivity index (χ2v) is 6.18. The number of aryl methyl sites for hydroxylation is 1. The van der Waals surface area contributed by atoms with Crippen LogP contribution in [0.15, 0.2) is 24.3 Å². The van der Waals surface area contributed by atoms with E-state index in [1.165, 1.54) is 0 Å². The summed E-state index contributed by atoms with van der Waals surface area (Å²) in [4.78, 5) is 16.5. The summed E-state index contributed by atoms with van der Waals surface area (Å²) >= 11 is 1.70. The molecule has 1 heterocycles. The van der Waals surface area contributed by atoms with Crippen LogP contribution in [0.4, 0.5) is 0 Å². The van der Waals surface area contributed by atoms with Crippen LogP contribution in [-0.4, -0.2) is 40.1 Å².